The molecule has 0 radical (unpaired) electrons. The highest BCUT2D eigenvalue weighted by molar-refractivity contribution is 5.82. The normalized spacial score (nSPS) is 18.9. The van der Waals surface area contributed by atoms with Gasteiger partial charge in [-0.2, -0.15) is 0 Å². The summed E-state index contributed by atoms with van der Waals surface area (Å²) in [5.74, 6) is 0.976. The molecule has 2 aromatic rings. The van der Waals surface area contributed by atoms with Crippen LogP contribution in [0.4, 0.5) is 0 Å². The predicted octanol–water partition coefficient (Wildman–Crippen LogP) is 3.24. The van der Waals surface area contributed by atoms with Gasteiger partial charge >= 0.3 is 0 Å². The van der Waals surface area contributed by atoms with Crippen LogP contribution in [0.2, 0.25) is 0 Å². The zero-order chi connectivity index (χ0) is 14.7. The molecule has 0 amide bonds. The van der Waals surface area contributed by atoms with Gasteiger partial charge < -0.3 is 19.2 Å². The summed E-state index contributed by atoms with van der Waals surface area (Å²) in [7, 11) is 0. The van der Waals surface area contributed by atoms with Gasteiger partial charge in [0.2, 0.25) is 0 Å². The molecule has 0 aliphatic carbocycles. The lowest BCUT2D eigenvalue weighted by Crippen LogP contribution is -2.22. The van der Waals surface area contributed by atoms with E-state index in [9.17, 15) is 0 Å². The molecule has 2 heterocycles. The van der Waals surface area contributed by atoms with E-state index in [-0.39, 0.29) is 6.10 Å². The van der Waals surface area contributed by atoms with E-state index in [2.05, 4.69) is 25.2 Å². The Kier molecular flexibility index (Phi) is 4.58. The fourth-order valence-corrected chi connectivity index (χ4v) is 2.59. The van der Waals surface area contributed by atoms with Gasteiger partial charge in [0.15, 0.2) is 0 Å². The molecule has 1 saturated heterocycles. The summed E-state index contributed by atoms with van der Waals surface area (Å²) in [4.78, 5) is 0. The van der Waals surface area contributed by atoms with Crippen molar-refractivity contribution in [1.29, 1.82) is 0 Å². The van der Waals surface area contributed by atoms with E-state index in [4.69, 9.17) is 13.9 Å². The molecule has 1 aromatic heterocycles. The van der Waals surface area contributed by atoms with E-state index in [0.717, 1.165) is 41.9 Å². The Morgan fingerprint density at radius 2 is 2.19 bits per heavy atom. The van der Waals surface area contributed by atoms with Crippen molar-refractivity contribution in [2.45, 2.75) is 45.6 Å². The third kappa shape index (κ3) is 3.46. The minimum Gasteiger partial charge on any atom is -0.459 e. The maximum atomic E-state index is 5.99. The molecule has 4 nitrogen and oxygen atoms in total. The van der Waals surface area contributed by atoms with Crippen molar-refractivity contribution in [2.75, 3.05) is 13.2 Å². The SMILES string of the molecule is CC(C)NCc1oc2ccccc2c1COC1CCOC1. The molecule has 3 rings (SSSR count). The molecule has 0 saturated carbocycles. The van der Waals surface area contributed by atoms with Crippen LogP contribution in [0.3, 0.4) is 0 Å². The Bertz CT molecular complexity index is 585. The fourth-order valence-electron chi connectivity index (χ4n) is 2.59. The van der Waals surface area contributed by atoms with Crippen molar-refractivity contribution in [3.8, 4) is 0 Å². The Labute approximate surface area is 125 Å². The molecule has 1 N–H and O–H groups in total. The molecule has 0 bridgehead atoms. The van der Waals surface area contributed by atoms with Crippen LogP contribution in [0.5, 0.6) is 0 Å². The molecule has 1 atom stereocenters. The largest absolute Gasteiger partial charge is 0.459 e. The second kappa shape index (κ2) is 6.60. The van der Waals surface area contributed by atoms with Crippen LogP contribution in [-0.4, -0.2) is 25.4 Å². The highest BCUT2D eigenvalue weighted by atomic mass is 16.5. The first-order valence-corrected chi connectivity index (χ1v) is 7.66. The molecule has 1 aliphatic rings. The Hall–Kier alpha value is -1.36. The van der Waals surface area contributed by atoms with Crippen LogP contribution < -0.4 is 5.32 Å². The van der Waals surface area contributed by atoms with Gasteiger partial charge in [-0.3, -0.25) is 0 Å². The van der Waals surface area contributed by atoms with Gasteiger partial charge in [-0.25, -0.2) is 0 Å². The van der Waals surface area contributed by atoms with Crippen molar-refractivity contribution in [3.05, 3.63) is 35.6 Å². The van der Waals surface area contributed by atoms with Crippen molar-refractivity contribution in [3.63, 3.8) is 0 Å². The minimum atomic E-state index is 0.213. The third-order valence-corrected chi connectivity index (χ3v) is 3.80. The van der Waals surface area contributed by atoms with Crippen LogP contribution >= 0.6 is 0 Å². The van der Waals surface area contributed by atoms with E-state index in [1.807, 2.05) is 18.2 Å². The van der Waals surface area contributed by atoms with E-state index < -0.39 is 0 Å². The second-order valence-electron chi connectivity index (χ2n) is 5.83. The van der Waals surface area contributed by atoms with E-state index in [0.29, 0.717) is 19.3 Å². The van der Waals surface area contributed by atoms with Gasteiger partial charge in [-0.05, 0) is 12.5 Å². The zero-order valence-electron chi connectivity index (χ0n) is 12.7. The van der Waals surface area contributed by atoms with Crippen molar-refractivity contribution < 1.29 is 13.9 Å². The maximum absolute atomic E-state index is 5.99. The molecule has 1 aliphatic heterocycles. The smallest absolute Gasteiger partial charge is 0.134 e. The van der Waals surface area contributed by atoms with E-state index in [1.54, 1.807) is 0 Å². The van der Waals surface area contributed by atoms with Crippen molar-refractivity contribution in [1.82, 2.24) is 5.32 Å². The number of hydrogen-bond acceptors (Lipinski definition) is 4. The summed E-state index contributed by atoms with van der Waals surface area (Å²) < 4.78 is 17.3. The molecule has 1 aromatic carbocycles. The molecule has 1 fully saturated rings. The summed E-state index contributed by atoms with van der Waals surface area (Å²) in [5.41, 5.74) is 2.09. The van der Waals surface area contributed by atoms with Crippen LogP contribution in [0.25, 0.3) is 11.0 Å². The van der Waals surface area contributed by atoms with E-state index in [1.165, 1.54) is 0 Å². The lowest BCUT2D eigenvalue weighted by molar-refractivity contribution is 0.0315. The lowest BCUT2D eigenvalue weighted by atomic mass is 10.1. The van der Waals surface area contributed by atoms with Crippen molar-refractivity contribution >= 4 is 11.0 Å². The van der Waals surface area contributed by atoms with Crippen LogP contribution in [0.1, 0.15) is 31.6 Å². The van der Waals surface area contributed by atoms with Crippen LogP contribution in [0.15, 0.2) is 28.7 Å². The first-order valence-electron chi connectivity index (χ1n) is 7.66. The number of nitrogens with one attached hydrogen (secondary N) is 1. The number of benzene rings is 1. The highest BCUT2D eigenvalue weighted by Crippen LogP contribution is 2.27. The Morgan fingerprint density at radius 1 is 1.33 bits per heavy atom. The number of hydrogen-bond donors (Lipinski definition) is 1. The monoisotopic (exact) mass is 289 g/mol. The van der Waals surface area contributed by atoms with Gasteiger partial charge in [0.1, 0.15) is 11.3 Å². The summed E-state index contributed by atoms with van der Waals surface area (Å²) in [6, 6.07) is 8.58. The summed E-state index contributed by atoms with van der Waals surface area (Å²) in [6.45, 7) is 7.09. The lowest BCUT2D eigenvalue weighted by Gasteiger charge is -2.11. The minimum absolute atomic E-state index is 0.213. The van der Waals surface area contributed by atoms with Gasteiger partial charge in [-0.1, -0.05) is 32.0 Å². The Balaban J connectivity index is 1.80. The van der Waals surface area contributed by atoms with Crippen LogP contribution in [-0.2, 0) is 22.6 Å². The predicted molar refractivity (Wildman–Crippen MR) is 82.2 cm³/mol. The first-order chi connectivity index (χ1) is 10.2. The van der Waals surface area contributed by atoms with Crippen LogP contribution in [0, 0.1) is 0 Å². The highest BCUT2D eigenvalue weighted by Gasteiger charge is 2.19. The van der Waals surface area contributed by atoms with Gasteiger partial charge in [0.25, 0.3) is 0 Å². The Morgan fingerprint density at radius 3 is 2.95 bits per heavy atom. The summed E-state index contributed by atoms with van der Waals surface area (Å²) in [6.07, 6.45) is 1.19. The molecule has 4 heteroatoms. The number of furan rings is 1. The summed E-state index contributed by atoms with van der Waals surface area (Å²) in [5, 5.41) is 4.57. The standard InChI is InChI=1S/C17H23NO3/c1-12(2)18-9-17-15(11-20-13-7-8-19-10-13)14-5-3-4-6-16(14)21-17/h3-6,12-13,18H,7-11H2,1-2H3. The average Bonchev–Trinajstić information content (AvgIpc) is 3.10. The first kappa shape index (κ1) is 14.6. The molecular formula is C17H23NO3. The summed E-state index contributed by atoms with van der Waals surface area (Å²) >= 11 is 0. The quantitative estimate of drug-likeness (QED) is 0.886. The van der Waals surface area contributed by atoms with Gasteiger partial charge in [-0.15, -0.1) is 0 Å². The topological polar surface area (TPSA) is 43.6 Å². The maximum Gasteiger partial charge on any atom is 0.134 e. The molecule has 21 heavy (non-hydrogen) atoms. The molecule has 1 unspecified atom stereocenters. The number of rotatable bonds is 6. The zero-order valence-corrected chi connectivity index (χ0v) is 12.7. The molecule has 0 spiro atoms. The third-order valence-electron chi connectivity index (χ3n) is 3.80. The molecule has 114 valence electrons. The number of ether oxygens (including phenoxy) is 2. The number of fused-ring (bicyclic) bond motifs is 1. The average molecular weight is 289 g/mol. The second-order valence-corrected chi connectivity index (χ2v) is 5.83. The van der Waals surface area contributed by atoms with Crippen molar-refractivity contribution in [2.24, 2.45) is 0 Å². The van der Waals surface area contributed by atoms with Gasteiger partial charge in [0.05, 0.1) is 25.9 Å². The van der Waals surface area contributed by atoms with E-state index >= 15 is 0 Å². The number of para-hydroxylation sites is 1. The van der Waals surface area contributed by atoms with Gasteiger partial charge in [0, 0.05) is 23.6 Å². The fraction of sp³-hybridized carbons (Fsp3) is 0.529. The molecular weight excluding hydrogens is 266 g/mol.